The summed E-state index contributed by atoms with van der Waals surface area (Å²) >= 11 is 0. The van der Waals surface area contributed by atoms with Gasteiger partial charge in [-0.15, -0.1) is 0 Å². The minimum absolute atomic E-state index is 0.0991. The standard InChI is InChI=1S/C19H25N5O3/c1-23-13-15(12-21-23)18(25)20-11-14-7-9-24(10-8-14)19(26)22-16-3-5-17(27-2)6-4-16/h3-6,12-14H,7-11H2,1-2H3,(H,20,25)(H,22,26). The van der Waals surface area contributed by atoms with Crippen LogP contribution in [0.15, 0.2) is 36.7 Å². The summed E-state index contributed by atoms with van der Waals surface area (Å²) in [5.41, 5.74) is 1.31. The van der Waals surface area contributed by atoms with Crippen LogP contribution in [-0.4, -0.2) is 53.4 Å². The molecule has 1 saturated heterocycles. The van der Waals surface area contributed by atoms with Crippen LogP contribution >= 0.6 is 0 Å². The van der Waals surface area contributed by atoms with E-state index in [1.54, 1.807) is 31.2 Å². The minimum atomic E-state index is -0.109. The van der Waals surface area contributed by atoms with E-state index in [0.29, 0.717) is 31.1 Å². The molecule has 2 aromatic rings. The van der Waals surface area contributed by atoms with Crippen molar-refractivity contribution in [3.63, 3.8) is 0 Å². The predicted octanol–water partition coefficient (Wildman–Crippen LogP) is 2.10. The van der Waals surface area contributed by atoms with Crippen molar-refractivity contribution in [3.8, 4) is 5.75 Å². The number of carbonyl (C=O) groups excluding carboxylic acids is 2. The van der Waals surface area contributed by atoms with Crippen LogP contribution in [0.2, 0.25) is 0 Å². The fourth-order valence-electron chi connectivity index (χ4n) is 3.09. The SMILES string of the molecule is COc1ccc(NC(=O)N2CCC(CNC(=O)c3cnn(C)c3)CC2)cc1. The van der Waals surface area contributed by atoms with Crippen LogP contribution in [0, 0.1) is 5.92 Å². The number of rotatable bonds is 5. The van der Waals surface area contributed by atoms with Crippen LogP contribution in [-0.2, 0) is 7.05 Å². The van der Waals surface area contributed by atoms with Crippen molar-refractivity contribution in [1.82, 2.24) is 20.0 Å². The Labute approximate surface area is 158 Å². The zero-order valence-electron chi connectivity index (χ0n) is 15.6. The molecule has 3 amide bonds. The molecule has 144 valence electrons. The number of aryl methyl sites for hydroxylation is 1. The monoisotopic (exact) mass is 371 g/mol. The van der Waals surface area contributed by atoms with Crippen molar-refractivity contribution in [2.24, 2.45) is 13.0 Å². The number of likely N-dealkylation sites (tertiary alicyclic amines) is 1. The molecule has 1 fully saturated rings. The number of nitrogens with one attached hydrogen (secondary N) is 2. The summed E-state index contributed by atoms with van der Waals surface area (Å²) in [6.07, 6.45) is 4.98. The lowest BCUT2D eigenvalue weighted by atomic mass is 9.97. The first-order valence-corrected chi connectivity index (χ1v) is 9.02. The maximum Gasteiger partial charge on any atom is 0.321 e. The summed E-state index contributed by atoms with van der Waals surface area (Å²) in [6.45, 7) is 1.96. The van der Waals surface area contributed by atoms with Gasteiger partial charge >= 0.3 is 6.03 Å². The number of anilines is 1. The number of aromatic nitrogens is 2. The third-order valence-corrected chi connectivity index (χ3v) is 4.76. The molecule has 2 N–H and O–H groups in total. The number of urea groups is 1. The Hall–Kier alpha value is -3.03. The highest BCUT2D eigenvalue weighted by Crippen LogP contribution is 2.19. The van der Waals surface area contributed by atoms with Crippen molar-refractivity contribution in [1.29, 1.82) is 0 Å². The first-order chi connectivity index (χ1) is 13.0. The van der Waals surface area contributed by atoms with Gasteiger partial charge in [-0.3, -0.25) is 9.48 Å². The van der Waals surface area contributed by atoms with Gasteiger partial charge in [0, 0.05) is 38.6 Å². The average molecular weight is 371 g/mol. The maximum absolute atomic E-state index is 12.4. The zero-order valence-corrected chi connectivity index (χ0v) is 15.6. The fraction of sp³-hybridized carbons (Fsp3) is 0.421. The second-order valence-electron chi connectivity index (χ2n) is 6.70. The van der Waals surface area contributed by atoms with Gasteiger partial charge in [-0.05, 0) is 43.0 Å². The van der Waals surface area contributed by atoms with Crippen LogP contribution in [0.5, 0.6) is 5.75 Å². The molecule has 1 aromatic carbocycles. The van der Waals surface area contributed by atoms with Crippen molar-refractivity contribution >= 4 is 17.6 Å². The van der Waals surface area contributed by atoms with Crippen molar-refractivity contribution in [2.75, 3.05) is 32.1 Å². The lowest BCUT2D eigenvalue weighted by molar-refractivity contribution is 0.0938. The molecule has 1 aliphatic rings. The highest BCUT2D eigenvalue weighted by Gasteiger charge is 2.23. The molecule has 0 bridgehead atoms. The largest absolute Gasteiger partial charge is 0.497 e. The van der Waals surface area contributed by atoms with Crippen LogP contribution < -0.4 is 15.4 Å². The number of ether oxygens (including phenoxy) is 1. The molecule has 0 unspecified atom stereocenters. The van der Waals surface area contributed by atoms with E-state index in [2.05, 4.69) is 15.7 Å². The maximum atomic E-state index is 12.4. The molecule has 0 radical (unpaired) electrons. The lowest BCUT2D eigenvalue weighted by Gasteiger charge is -2.32. The van der Waals surface area contributed by atoms with Crippen LogP contribution in [0.25, 0.3) is 0 Å². The molecule has 27 heavy (non-hydrogen) atoms. The summed E-state index contributed by atoms with van der Waals surface area (Å²) < 4.78 is 6.72. The molecule has 2 heterocycles. The zero-order chi connectivity index (χ0) is 19.2. The minimum Gasteiger partial charge on any atom is -0.497 e. The highest BCUT2D eigenvalue weighted by atomic mass is 16.5. The molecule has 8 heteroatoms. The Morgan fingerprint density at radius 2 is 1.93 bits per heavy atom. The number of piperidine rings is 1. The smallest absolute Gasteiger partial charge is 0.321 e. The second kappa shape index (κ2) is 8.57. The summed E-state index contributed by atoms with van der Waals surface area (Å²) in [5.74, 6) is 1.01. The molecule has 1 aromatic heterocycles. The lowest BCUT2D eigenvalue weighted by Crippen LogP contribution is -2.43. The fourth-order valence-corrected chi connectivity index (χ4v) is 3.09. The molecule has 0 saturated carbocycles. The van der Waals surface area contributed by atoms with E-state index in [-0.39, 0.29) is 11.9 Å². The van der Waals surface area contributed by atoms with Gasteiger partial charge in [0.05, 0.1) is 18.9 Å². The number of amides is 3. The molecule has 1 aliphatic heterocycles. The Morgan fingerprint density at radius 1 is 1.22 bits per heavy atom. The second-order valence-corrected chi connectivity index (χ2v) is 6.70. The van der Waals surface area contributed by atoms with Gasteiger partial charge in [-0.1, -0.05) is 0 Å². The van der Waals surface area contributed by atoms with Gasteiger partial charge in [0.25, 0.3) is 5.91 Å². The van der Waals surface area contributed by atoms with E-state index in [4.69, 9.17) is 4.74 Å². The predicted molar refractivity (Wildman–Crippen MR) is 102 cm³/mol. The highest BCUT2D eigenvalue weighted by molar-refractivity contribution is 5.93. The third kappa shape index (κ3) is 4.99. The van der Waals surface area contributed by atoms with Gasteiger partial charge < -0.3 is 20.3 Å². The Kier molecular flexibility index (Phi) is 5.95. The van der Waals surface area contributed by atoms with Crippen LogP contribution in [0.1, 0.15) is 23.2 Å². The number of nitrogens with zero attached hydrogens (tertiary/aromatic N) is 3. The normalized spacial score (nSPS) is 14.7. The number of benzene rings is 1. The Morgan fingerprint density at radius 3 is 2.52 bits per heavy atom. The molecule has 0 aliphatic carbocycles. The van der Waals surface area contributed by atoms with E-state index in [1.165, 1.54) is 0 Å². The van der Waals surface area contributed by atoms with Gasteiger partial charge in [-0.25, -0.2) is 4.79 Å². The summed E-state index contributed by atoms with van der Waals surface area (Å²) in [5, 5.41) is 9.86. The van der Waals surface area contributed by atoms with Gasteiger partial charge in [0.2, 0.25) is 0 Å². The Balaban J connectivity index is 1.41. The average Bonchev–Trinajstić information content (AvgIpc) is 3.13. The van der Waals surface area contributed by atoms with Gasteiger partial charge in [0.15, 0.2) is 0 Å². The molecule has 0 spiro atoms. The van der Waals surface area contributed by atoms with Crippen molar-refractivity contribution in [2.45, 2.75) is 12.8 Å². The topological polar surface area (TPSA) is 88.5 Å². The van der Waals surface area contributed by atoms with E-state index < -0.39 is 0 Å². The Bertz CT molecular complexity index is 779. The van der Waals surface area contributed by atoms with Gasteiger partial charge in [-0.2, -0.15) is 5.10 Å². The van der Waals surface area contributed by atoms with Crippen LogP contribution in [0.3, 0.4) is 0 Å². The molecular formula is C19H25N5O3. The quantitative estimate of drug-likeness (QED) is 0.842. The number of hydrogen-bond donors (Lipinski definition) is 2. The van der Waals surface area contributed by atoms with Crippen molar-refractivity contribution in [3.05, 3.63) is 42.2 Å². The van der Waals surface area contributed by atoms with E-state index in [0.717, 1.165) is 24.3 Å². The summed E-state index contributed by atoms with van der Waals surface area (Å²) in [4.78, 5) is 26.3. The number of methoxy groups -OCH3 is 1. The van der Waals surface area contributed by atoms with E-state index in [1.807, 2.05) is 29.2 Å². The van der Waals surface area contributed by atoms with Crippen LogP contribution in [0.4, 0.5) is 10.5 Å². The van der Waals surface area contributed by atoms with Gasteiger partial charge in [0.1, 0.15) is 5.75 Å². The number of carbonyl (C=O) groups is 2. The molecule has 0 atom stereocenters. The van der Waals surface area contributed by atoms with Crippen molar-refractivity contribution < 1.29 is 14.3 Å². The molecule has 8 nitrogen and oxygen atoms in total. The summed E-state index contributed by atoms with van der Waals surface area (Å²) in [7, 11) is 3.39. The molecule has 3 rings (SSSR count). The first kappa shape index (κ1) is 18.8. The number of hydrogen-bond acceptors (Lipinski definition) is 4. The molecular weight excluding hydrogens is 346 g/mol. The third-order valence-electron chi connectivity index (χ3n) is 4.76. The van der Waals surface area contributed by atoms with E-state index in [9.17, 15) is 9.59 Å². The first-order valence-electron chi connectivity index (χ1n) is 9.02. The van der Waals surface area contributed by atoms with E-state index >= 15 is 0 Å². The summed E-state index contributed by atoms with van der Waals surface area (Å²) in [6, 6.07) is 7.16.